The van der Waals surface area contributed by atoms with Gasteiger partial charge in [-0.15, -0.1) is 0 Å². The Balaban J connectivity index is 1.51. The second-order valence-electron chi connectivity index (χ2n) is 6.63. The fourth-order valence-electron chi connectivity index (χ4n) is 3.66. The largest absolute Gasteiger partial charge is 0.353 e. The van der Waals surface area contributed by atoms with Crippen LogP contribution in [0.3, 0.4) is 0 Å². The quantitative estimate of drug-likeness (QED) is 0.845. The van der Waals surface area contributed by atoms with Crippen molar-refractivity contribution in [1.82, 2.24) is 15.5 Å². The molecule has 0 spiro atoms. The Morgan fingerprint density at radius 3 is 2.92 bits per heavy atom. The van der Waals surface area contributed by atoms with Crippen LogP contribution in [0.4, 0.5) is 5.82 Å². The van der Waals surface area contributed by atoms with E-state index in [1.165, 1.54) is 12.8 Å². The number of halogens is 1. The monoisotopic (exact) mass is 390 g/mol. The van der Waals surface area contributed by atoms with E-state index in [2.05, 4.69) is 31.4 Å². The van der Waals surface area contributed by atoms with Gasteiger partial charge in [-0.25, -0.2) is 0 Å². The number of nitrogens with one attached hydrogen (secondary N) is 2. The predicted octanol–water partition coefficient (Wildman–Crippen LogP) is 2.74. The van der Waals surface area contributed by atoms with Crippen LogP contribution >= 0.6 is 15.9 Å². The Kier molecular flexibility index (Phi) is 4.04. The van der Waals surface area contributed by atoms with Gasteiger partial charge in [0.2, 0.25) is 11.8 Å². The first-order valence-corrected chi connectivity index (χ1v) is 9.15. The van der Waals surface area contributed by atoms with Gasteiger partial charge in [-0.2, -0.15) is 5.10 Å². The topological polar surface area (TPSA) is 78.1 Å². The van der Waals surface area contributed by atoms with Gasteiger partial charge in [0.05, 0.1) is 11.4 Å². The number of hydrogen-bond donors (Lipinski definition) is 2. The standard InChI is InChI=1S/C17H19BrN4O2/c18-11-5-6-13-14(8-11)20-21-16(13)22-9-10(7-15(22)23)17(24)19-12-3-1-2-4-12/h5-6,8,10,12H,1-4,7,9H2,(H,19,24)(H,20,21). The Morgan fingerprint density at radius 2 is 2.12 bits per heavy atom. The first-order valence-electron chi connectivity index (χ1n) is 8.36. The van der Waals surface area contributed by atoms with Gasteiger partial charge < -0.3 is 5.32 Å². The molecule has 2 amide bonds. The molecule has 0 bridgehead atoms. The number of fused-ring (bicyclic) bond motifs is 1. The third-order valence-electron chi connectivity index (χ3n) is 4.96. The van der Waals surface area contributed by atoms with Crippen molar-refractivity contribution in [2.75, 3.05) is 11.4 Å². The van der Waals surface area contributed by atoms with Crippen LogP contribution in [0, 0.1) is 5.92 Å². The van der Waals surface area contributed by atoms with Crippen LogP contribution in [0.25, 0.3) is 10.9 Å². The SMILES string of the molecule is O=C(NC1CCCC1)C1CC(=O)N(c2n[nH]c3cc(Br)ccc23)C1. The molecule has 1 unspecified atom stereocenters. The molecule has 1 aliphatic carbocycles. The maximum atomic E-state index is 12.4. The van der Waals surface area contributed by atoms with Gasteiger partial charge in [-0.05, 0) is 31.0 Å². The van der Waals surface area contributed by atoms with Crippen LogP contribution in [0.1, 0.15) is 32.1 Å². The summed E-state index contributed by atoms with van der Waals surface area (Å²) in [6, 6.07) is 6.06. The van der Waals surface area contributed by atoms with Gasteiger partial charge >= 0.3 is 0 Å². The van der Waals surface area contributed by atoms with Crippen LogP contribution in [0.5, 0.6) is 0 Å². The minimum atomic E-state index is -0.291. The summed E-state index contributed by atoms with van der Waals surface area (Å²) in [6.07, 6.45) is 4.71. The number of carbonyl (C=O) groups excluding carboxylic acids is 2. The van der Waals surface area contributed by atoms with E-state index in [-0.39, 0.29) is 30.2 Å². The minimum absolute atomic E-state index is 0.000311. The summed E-state index contributed by atoms with van der Waals surface area (Å²) in [5.41, 5.74) is 0.867. The summed E-state index contributed by atoms with van der Waals surface area (Å²) >= 11 is 3.43. The second kappa shape index (κ2) is 6.20. The van der Waals surface area contributed by atoms with Crippen molar-refractivity contribution in [1.29, 1.82) is 0 Å². The van der Waals surface area contributed by atoms with Gasteiger partial charge in [-0.1, -0.05) is 28.8 Å². The Bertz CT molecular complexity index is 797. The van der Waals surface area contributed by atoms with Crippen LogP contribution in [0.15, 0.2) is 22.7 Å². The number of aromatic nitrogens is 2. The van der Waals surface area contributed by atoms with Crippen molar-refractivity contribution in [3.05, 3.63) is 22.7 Å². The smallest absolute Gasteiger partial charge is 0.229 e. The maximum Gasteiger partial charge on any atom is 0.229 e. The zero-order valence-corrected chi connectivity index (χ0v) is 14.8. The lowest BCUT2D eigenvalue weighted by atomic mass is 10.1. The van der Waals surface area contributed by atoms with E-state index in [4.69, 9.17) is 0 Å². The van der Waals surface area contributed by atoms with Crippen molar-refractivity contribution in [2.45, 2.75) is 38.1 Å². The minimum Gasteiger partial charge on any atom is -0.353 e. The summed E-state index contributed by atoms with van der Waals surface area (Å²) < 4.78 is 0.951. The molecule has 126 valence electrons. The van der Waals surface area contributed by atoms with Gasteiger partial charge in [0.25, 0.3) is 0 Å². The number of nitrogens with zero attached hydrogens (tertiary/aromatic N) is 2. The fourth-order valence-corrected chi connectivity index (χ4v) is 4.02. The zero-order chi connectivity index (χ0) is 16.7. The average Bonchev–Trinajstić information content (AvgIpc) is 3.26. The molecule has 1 aromatic carbocycles. The summed E-state index contributed by atoms with van der Waals surface area (Å²) in [6.45, 7) is 0.396. The highest BCUT2D eigenvalue weighted by atomic mass is 79.9. The molecule has 4 rings (SSSR count). The molecule has 1 aromatic heterocycles. The highest BCUT2D eigenvalue weighted by molar-refractivity contribution is 9.10. The molecule has 2 aromatic rings. The number of aromatic amines is 1. The molecule has 2 N–H and O–H groups in total. The maximum absolute atomic E-state index is 12.4. The van der Waals surface area contributed by atoms with E-state index in [9.17, 15) is 9.59 Å². The first-order chi connectivity index (χ1) is 11.6. The van der Waals surface area contributed by atoms with Crippen LogP contribution in [-0.2, 0) is 9.59 Å². The number of H-pyrrole nitrogens is 1. The van der Waals surface area contributed by atoms with Crippen LogP contribution < -0.4 is 10.2 Å². The molecule has 6 nitrogen and oxygen atoms in total. The average molecular weight is 391 g/mol. The number of amides is 2. The van der Waals surface area contributed by atoms with Crippen molar-refractivity contribution in [3.63, 3.8) is 0 Å². The summed E-state index contributed by atoms with van der Waals surface area (Å²) in [5.74, 6) is 0.275. The fraction of sp³-hybridized carbons (Fsp3) is 0.471. The number of anilines is 1. The lowest BCUT2D eigenvalue weighted by molar-refractivity contribution is -0.126. The van der Waals surface area contributed by atoms with Crippen molar-refractivity contribution in [3.8, 4) is 0 Å². The molecule has 2 fully saturated rings. The third kappa shape index (κ3) is 2.81. The number of carbonyl (C=O) groups is 2. The molecule has 1 atom stereocenters. The summed E-state index contributed by atoms with van der Waals surface area (Å²) in [7, 11) is 0. The van der Waals surface area contributed by atoms with E-state index in [0.29, 0.717) is 12.4 Å². The Morgan fingerprint density at radius 1 is 1.33 bits per heavy atom. The molecule has 2 aliphatic rings. The molecule has 1 saturated carbocycles. The van der Waals surface area contributed by atoms with Gasteiger partial charge in [0, 0.05) is 28.9 Å². The van der Waals surface area contributed by atoms with E-state index < -0.39 is 0 Å². The highest BCUT2D eigenvalue weighted by Crippen LogP contribution is 2.31. The number of benzene rings is 1. The molecule has 1 saturated heterocycles. The van der Waals surface area contributed by atoms with Gasteiger partial charge in [0.15, 0.2) is 5.82 Å². The van der Waals surface area contributed by atoms with E-state index >= 15 is 0 Å². The second-order valence-corrected chi connectivity index (χ2v) is 7.55. The molecule has 2 heterocycles. The summed E-state index contributed by atoms with van der Waals surface area (Å²) in [5, 5.41) is 11.2. The molecular weight excluding hydrogens is 372 g/mol. The normalized spacial score (nSPS) is 21.8. The van der Waals surface area contributed by atoms with Gasteiger partial charge in [0.1, 0.15) is 0 Å². The zero-order valence-electron chi connectivity index (χ0n) is 13.2. The number of hydrogen-bond acceptors (Lipinski definition) is 3. The lowest BCUT2D eigenvalue weighted by Gasteiger charge is -2.16. The van der Waals surface area contributed by atoms with E-state index in [0.717, 1.165) is 28.2 Å². The summed E-state index contributed by atoms with van der Waals surface area (Å²) in [4.78, 5) is 26.5. The van der Waals surface area contributed by atoms with Crippen molar-refractivity contribution < 1.29 is 9.59 Å². The van der Waals surface area contributed by atoms with Crippen molar-refractivity contribution in [2.24, 2.45) is 5.92 Å². The number of rotatable bonds is 3. The lowest BCUT2D eigenvalue weighted by Crippen LogP contribution is -2.38. The third-order valence-corrected chi connectivity index (χ3v) is 5.45. The van der Waals surface area contributed by atoms with Crippen molar-refractivity contribution >= 4 is 44.5 Å². The predicted molar refractivity (Wildman–Crippen MR) is 94.7 cm³/mol. The molecule has 1 aliphatic heterocycles. The first kappa shape index (κ1) is 15.6. The molecule has 0 radical (unpaired) electrons. The van der Waals surface area contributed by atoms with Gasteiger partial charge in [-0.3, -0.25) is 19.6 Å². The Labute approximate surface area is 148 Å². The van der Waals surface area contributed by atoms with Crippen LogP contribution in [0.2, 0.25) is 0 Å². The molecule has 24 heavy (non-hydrogen) atoms. The Hall–Kier alpha value is -1.89. The molecule has 7 heteroatoms. The van der Waals surface area contributed by atoms with E-state index in [1.807, 2.05) is 18.2 Å². The van der Waals surface area contributed by atoms with E-state index in [1.54, 1.807) is 4.90 Å². The highest BCUT2D eigenvalue weighted by Gasteiger charge is 2.37. The van der Waals surface area contributed by atoms with Crippen LogP contribution in [-0.4, -0.2) is 34.6 Å². The molecular formula is C17H19BrN4O2.